The normalized spacial score (nSPS) is 30.9. The number of fused-ring (bicyclic) bond motifs is 2. The van der Waals surface area contributed by atoms with E-state index in [1.165, 1.54) is 0 Å². The van der Waals surface area contributed by atoms with E-state index in [2.05, 4.69) is 27.2 Å². The van der Waals surface area contributed by atoms with Crippen molar-refractivity contribution in [2.24, 2.45) is 0 Å². The summed E-state index contributed by atoms with van der Waals surface area (Å²) in [5.41, 5.74) is 7.07. The Morgan fingerprint density at radius 2 is 2.08 bits per heavy atom. The second kappa shape index (κ2) is 6.04. The molecule has 2 aliphatic rings. The van der Waals surface area contributed by atoms with Crippen molar-refractivity contribution in [1.29, 1.82) is 0 Å². The van der Waals surface area contributed by atoms with Crippen LogP contribution >= 0.6 is 11.8 Å². The number of ether oxygens (including phenoxy) is 2. The lowest BCUT2D eigenvalue weighted by Crippen LogP contribution is -2.29. The van der Waals surface area contributed by atoms with Crippen molar-refractivity contribution >= 4 is 28.7 Å². The van der Waals surface area contributed by atoms with Crippen molar-refractivity contribution in [3.63, 3.8) is 0 Å². The van der Waals surface area contributed by atoms with Crippen LogP contribution < -0.4 is 5.73 Å². The minimum absolute atomic E-state index is 0.217. The molecule has 2 aromatic rings. The van der Waals surface area contributed by atoms with Gasteiger partial charge in [0.05, 0.1) is 12.1 Å². The van der Waals surface area contributed by atoms with Gasteiger partial charge in [0, 0.05) is 12.2 Å². The Morgan fingerprint density at radius 3 is 2.84 bits per heavy atom. The Balaban J connectivity index is 1.73. The van der Waals surface area contributed by atoms with Gasteiger partial charge in [0.25, 0.3) is 0 Å². The smallest absolute Gasteiger partial charge is 0.191 e. The summed E-state index contributed by atoms with van der Waals surface area (Å²) >= 11 is 1.55. The molecule has 9 nitrogen and oxygen atoms in total. The van der Waals surface area contributed by atoms with Crippen molar-refractivity contribution in [1.82, 2.24) is 25.0 Å². The zero-order valence-electron chi connectivity index (χ0n) is 14.4. The van der Waals surface area contributed by atoms with Crippen LogP contribution in [-0.4, -0.2) is 59.9 Å². The maximum Gasteiger partial charge on any atom is 0.191 e. The summed E-state index contributed by atoms with van der Waals surface area (Å²) in [6, 6.07) is -0.217. The summed E-state index contributed by atoms with van der Waals surface area (Å²) in [5.74, 6) is 0.486. The fourth-order valence-corrected chi connectivity index (χ4v) is 4.18. The number of rotatable bonds is 4. The van der Waals surface area contributed by atoms with Crippen molar-refractivity contribution < 1.29 is 14.6 Å². The summed E-state index contributed by atoms with van der Waals surface area (Å²) in [5, 5.41) is 19.3. The monoisotopic (exact) mass is 366 g/mol. The van der Waals surface area contributed by atoms with Gasteiger partial charge in [0.15, 0.2) is 27.9 Å². The van der Waals surface area contributed by atoms with E-state index in [9.17, 15) is 5.11 Å². The van der Waals surface area contributed by atoms with Crippen LogP contribution in [0.25, 0.3) is 11.2 Å². The van der Waals surface area contributed by atoms with E-state index in [-0.39, 0.29) is 18.2 Å². The first kappa shape index (κ1) is 17.0. The third-order valence-electron chi connectivity index (χ3n) is 4.48. The minimum atomic E-state index is -0.735. The second-order valence-electron chi connectivity index (χ2n) is 6.88. The molecular weight excluding hydrogens is 344 g/mol. The highest BCUT2D eigenvalue weighted by atomic mass is 32.2. The Labute approximate surface area is 149 Å². The molecular formula is C15H22N6O3S. The summed E-state index contributed by atoms with van der Waals surface area (Å²) in [6.45, 7) is 5.78. The zero-order valence-corrected chi connectivity index (χ0v) is 15.2. The molecule has 1 saturated carbocycles. The van der Waals surface area contributed by atoms with Crippen LogP contribution in [-0.2, 0) is 9.47 Å². The maximum absolute atomic E-state index is 10.4. The number of nitrogen functional groups attached to an aromatic ring is 1. The number of nitrogens with zero attached hydrogens (tertiary/aromatic N) is 5. The first-order valence-corrected chi connectivity index (χ1v) is 9.43. The molecule has 2 aromatic heterocycles. The van der Waals surface area contributed by atoms with Crippen LogP contribution in [0.2, 0.25) is 0 Å². The Hall–Kier alpha value is -1.49. The molecule has 3 heterocycles. The number of aliphatic hydroxyl groups excluding tert-OH is 1. The van der Waals surface area contributed by atoms with Gasteiger partial charge in [-0.3, -0.25) is 0 Å². The maximum atomic E-state index is 10.4. The topological polar surface area (TPSA) is 121 Å². The van der Waals surface area contributed by atoms with Crippen LogP contribution in [0.5, 0.6) is 0 Å². The van der Waals surface area contributed by atoms with Crippen LogP contribution in [0.4, 0.5) is 5.82 Å². The highest BCUT2D eigenvalue weighted by Crippen LogP contribution is 2.44. The average Bonchev–Trinajstić information content (AvgIpc) is 3.18. The lowest BCUT2D eigenvalue weighted by atomic mass is 10.2. The quantitative estimate of drug-likeness (QED) is 0.605. The summed E-state index contributed by atoms with van der Waals surface area (Å²) < 4.78 is 13.5. The Morgan fingerprint density at radius 1 is 1.32 bits per heavy atom. The van der Waals surface area contributed by atoms with Gasteiger partial charge in [0.2, 0.25) is 0 Å². The second-order valence-corrected chi connectivity index (χ2v) is 7.94. The van der Waals surface area contributed by atoms with Gasteiger partial charge >= 0.3 is 0 Å². The molecule has 0 radical (unpaired) electrons. The molecule has 2 unspecified atom stereocenters. The van der Waals surface area contributed by atoms with Crippen molar-refractivity contribution in [3.05, 3.63) is 0 Å². The van der Waals surface area contributed by atoms with E-state index in [1.807, 2.05) is 13.8 Å². The molecule has 10 heteroatoms. The molecule has 0 aromatic carbocycles. The number of aromatic nitrogens is 5. The molecule has 1 saturated heterocycles. The summed E-state index contributed by atoms with van der Waals surface area (Å²) in [4.78, 5) is 8.88. The standard InChI is InChI=1S/C15H22N6O3S/c1-4-5-25-14-17-12(16)9-13(18-14)21(20-19-9)7-6-8(22)11-10(7)23-15(2,3)24-11/h7-8,10-11,22H,4-6H2,1-3H3,(H2,16,17,18)/t7-,8+,10?,11?/m1/s1. The number of hydrogen-bond acceptors (Lipinski definition) is 9. The van der Waals surface area contributed by atoms with E-state index in [0.29, 0.717) is 28.6 Å². The van der Waals surface area contributed by atoms with Gasteiger partial charge in [-0.2, -0.15) is 0 Å². The molecule has 25 heavy (non-hydrogen) atoms. The molecule has 1 aliphatic carbocycles. The average molecular weight is 366 g/mol. The van der Waals surface area contributed by atoms with E-state index in [0.717, 1.165) is 12.2 Å². The molecule has 1 aliphatic heterocycles. The molecule has 0 amide bonds. The molecule has 0 spiro atoms. The van der Waals surface area contributed by atoms with Crippen LogP contribution in [0.15, 0.2) is 5.16 Å². The van der Waals surface area contributed by atoms with Gasteiger partial charge in [-0.05, 0) is 20.3 Å². The minimum Gasteiger partial charge on any atom is -0.390 e. The van der Waals surface area contributed by atoms with E-state index >= 15 is 0 Å². The van der Waals surface area contributed by atoms with E-state index in [4.69, 9.17) is 15.2 Å². The molecule has 4 atom stereocenters. The van der Waals surface area contributed by atoms with E-state index in [1.54, 1.807) is 16.4 Å². The van der Waals surface area contributed by atoms with Gasteiger partial charge in [-0.25, -0.2) is 14.6 Å². The lowest BCUT2D eigenvalue weighted by molar-refractivity contribution is -0.165. The van der Waals surface area contributed by atoms with Crippen molar-refractivity contribution in [3.8, 4) is 0 Å². The fraction of sp³-hybridized carbons (Fsp3) is 0.733. The number of aliphatic hydroxyl groups is 1. The molecule has 0 bridgehead atoms. The number of hydrogen-bond donors (Lipinski definition) is 2. The Bertz CT molecular complexity index is 797. The van der Waals surface area contributed by atoms with Crippen molar-refractivity contribution in [2.45, 2.75) is 68.9 Å². The lowest BCUT2D eigenvalue weighted by Gasteiger charge is -2.22. The largest absolute Gasteiger partial charge is 0.390 e. The van der Waals surface area contributed by atoms with Gasteiger partial charge < -0.3 is 20.3 Å². The van der Waals surface area contributed by atoms with Crippen LogP contribution in [0, 0.1) is 0 Å². The first-order chi connectivity index (χ1) is 11.9. The van der Waals surface area contributed by atoms with E-state index < -0.39 is 11.9 Å². The SMILES string of the molecule is CCCSc1nc(N)c2nnn([C@@H]3C[C@H](O)C4OC(C)(C)OC43)c2n1. The van der Waals surface area contributed by atoms with Gasteiger partial charge in [0.1, 0.15) is 12.2 Å². The highest BCUT2D eigenvalue weighted by Gasteiger charge is 2.55. The summed E-state index contributed by atoms with van der Waals surface area (Å²) in [7, 11) is 0. The molecule has 136 valence electrons. The first-order valence-electron chi connectivity index (χ1n) is 8.44. The fourth-order valence-electron chi connectivity index (χ4n) is 3.48. The number of thioether (sulfide) groups is 1. The summed E-state index contributed by atoms with van der Waals surface area (Å²) in [6.07, 6.45) is 0.169. The van der Waals surface area contributed by atoms with Crippen LogP contribution in [0.1, 0.15) is 39.7 Å². The predicted octanol–water partition coefficient (Wildman–Crippen LogP) is 1.13. The predicted molar refractivity (Wildman–Crippen MR) is 92.0 cm³/mol. The van der Waals surface area contributed by atoms with Crippen molar-refractivity contribution in [2.75, 3.05) is 11.5 Å². The third kappa shape index (κ3) is 2.86. The zero-order chi connectivity index (χ0) is 17.8. The molecule has 2 fully saturated rings. The highest BCUT2D eigenvalue weighted by molar-refractivity contribution is 7.99. The van der Waals surface area contributed by atoms with Gasteiger partial charge in [-0.15, -0.1) is 5.10 Å². The third-order valence-corrected chi connectivity index (χ3v) is 5.54. The number of anilines is 1. The molecule has 4 rings (SSSR count). The number of nitrogens with two attached hydrogens (primary N) is 1. The van der Waals surface area contributed by atoms with Crippen LogP contribution in [0.3, 0.4) is 0 Å². The van der Waals surface area contributed by atoms with Gasteiger partial charge in [-0.1, -0.05) is 23.9 Å². The molecule has 3 N–H and O–H groups in total. The Kier molecular flexibility index (Phi) is 4.10.